The standard InChI is InChI=1S/C21H23N4O5P/c1-12(2)16-10-17(19(26)9-14(16)11-31(28,29)30)20-22-23-21(27)25(20)15-4-5-18-13(8-15)6-7-24(18)3/h4-10,12,26H,11H2,1-3H3,(H,23,27)(H2,28,29,30). The Morgan fingerprint density at radius 3 is 2.58 bits per heavy atom. The first-order chi connectivity index (χ1) is 14.5. The minimum absolute atomic E-state index is 0.0688. The predicted molar refractivity (Wildman–Crippen MR) is 118 cm³/mol. The normalized spacial score (nSPS) is 12.2. The molecular weight excluding hydrogens is 419 g/mol. The van der Waals surface area contributed by atoms with Crippen LogP contribution in [0.15, 0.2) is 47.4 Å². The summed E-state index contributed by atoms with van der Waals surface area (Å²) in [6, 6.07) is 10.5. The van der Waals surface area contributed by atoms with Gasteiger partial charge in [0.2, 0.25) is 0 Å². The summed E-state index contributed by atoms with van der Waals surface area (Å²) in [6.45, 7) is 3.78. The van der Waals surface area contributed by atoms with Gasteiger partial charge in [-0.25, -0.2) is 14.5 Å². The van der Waals surface area contributed by atoms with Crippen molar-refractivity contribution in [1.82, 2.24) is 19.3 Å². The number of rotatable bonds is 5. The second-order valence-electron chi connectivity index (χ2n) is 7.90. The number of fused-ring (bicyclic) bond motifs is 1. The fraction of sp³-hybridized carbons (Fsp3) is 0.238. The maximum atomic E-state index is 12.6. The third kappa shape index (κ3) is 3.95. The highest BCUT2D eigenvalue weighted by Gasteiger charge is 2.23. The highest BCUT2D eigenvalue weighted by atomic mass is 31.2. The molecule has 2 aromatic heterocycles. The van der Waals surface area contributed by atoms with E-state index in [9.17, 15) is 24.3 Å². The van der Waals surface area contributed by atoms with E-state index in [1.54, 1.807) is 12.1 Å². The largest absolute Gasteiger partial charge is 0.507 e. The summed E-state index contributed by atoms with van der Waals surface area (Å²) in [7, 11) is -2.39. The predicted octanol–water partition coefficient (Wildman–Crippen LogP) is 3.23. The number of aromatic hydroxyl groups is 1. The highest BCUT2D eigenvalue weighted by Crippen LogP contribution is 2.43. The van der Waals surface area contributed by atoms with Crippen LogP contribution in [0.1, 0.15) is 30.9 Å². The van der Waals surface area contributed by atoms with Crippen LogP contribution in [0.25, 0.3) is 28.0 Å². The first-order valence-electron chi connectivity index (χ1n) is 9.69. The number of aryl methyl sites for hydroxylation is 1. The summed E-state index contributed by atoms with van der Waals surface area (Å²) in [4.78, 5) is 31.4. The zero-order valence-corrected chi connectivity index (χ0v) is 18.2. The van der Waals surface area contributed by atoms with E-state index < -0.39 is 19.4 Å². The minimum atomic E-state index is -4.33. The van der Waals surface area contributed by atoms with Crippen LogP contribution in [0.4, 0.5) is 0 Å². The van der Waals surface area contributed by atoms with Crippen LogP contribution in [0.3, 0.4) is 0 Å². The Morgan fingerprint density at radius 2 is 1.90 bits per heavy atom. The average molecular weight is 442 g/mol. The summed E-state index contributed by atoms with van der Waals surface area (Å²) in [5.74, 6) is -0.0722. The Balaban J connectivity index is 1.90. The van der Waals surface area contributed by atoms with E-state index in [-0.39, 0.29) is 17.5 Å². The van der Waals surface area contributed by atoms with E-state index in [2.05, 4.69) is 10.2 Å². The molecule has 4 N–H and O–H groups in total. The Bertz CT molecular complexity index is 1390. The molecule has 2 heterocycles. The lowest BCUT2D eigenvalue weighted by Gasteiger charge is -2.17. The van der Waals surface area contributed by atoms with Gasteiger partial charge in [-0.3, -0.25) is 4.57 Å². The fourth-order valence-corrected chi connectivity index (χ4v) is 4.57. The monoisotopic (exact) mass is 442 g/mol. The van der Waals surface area contributed by atoms with Crippen molar-refractivity contribution in [2.24, 2.45) is 7.05 Å². The Kier molecular flexibility index (Phi) is 5.13. The van der Waals surface area contributed by atoms with Gasteiger partial charge in [-0.1, -0.05) is 13.8 Å². The van der Waals surface area contributed by atoms with Gasteiger partial charge >= 0.3 is 13.3 Å². The van der Waals surface area contributed by atoms with Gasteiger partial charge in [0.1, 0.15) is 5.75 Å². The van der Waals surface area contributed by atoms with Crippen molar-refractivity contribution in [3.05, 3.63) is 64.2 Å². The van der Waals surface area contributed by atoms with Gasteiger partial charge < -0.3 is 19.5 Å². The third-order valence-electron chi connectivity index (χ3n) is 5.30. The molecule has 0 saturated heterocycles. The van der Waals surface area contributed by atoms with Crippen molar-refractivity contribution in [3.63, 3.8) is 0 Å². The van der Waals surface area contributed by atoms with Gasteiger partial charge in [0, 0.05) is 24.1 Å². The van der Waals surface area contributed by atoms with Crippen molar-refractivity contribution in [2.45, 2.75) is 25.9 Å². The number of hydrogen-bond acceptors (Lipinski definition) is 4. The molecule has 0 fully saturated rings. The summed E-state index contributed by atoms with van der Waals surface area (Å²) < 4.78 is 14.9. The quantitative estimate of drug-likeness (QED) is 0.351. The van der Waals surface area contributed by atoms with Crippen molar-refractivity contribution in [2.75, 3.05) is 0 Å². The number of nitrogens with zero attached hydrogens (tertiary/aromatic N) is 3. The number of phenolic OH excluding ortho intramolecular Hbond substituents is 1. The van der Waals surface area contributed by atoms with Crippen molar-refractivity contribution in [1.29, 1.82) is 0 Å². The molecule has 0 bridgehead atoms. The van der Waals surface area contributed by atoms with E-state index in [0.29, 0.717) is 22.4 Å². The molecule has 162 valence electrons. The second kappa shape index (κ2) is 7.53. The molecule has 31 heavy (non-hydrogen) atoms. The SMILES string of the molecule is CC(C)c1cc(-c2n[nH]c(=O)n2-c2ccc3c(ccn3C)c2)c(O)cc1CP(=O)(O)O. The summed E-state index contributed by atoms with van der Waals surface area (Å²) in [5, 5.41) is 18.2. The number of aromatic amines is 1. The number of aromatic nitrogens is 4. The minimum Gasteiger partial charge on any atom is -0.507 e. The molecular formula is C21H23N4O5P. The number of phenols is 1. The van der Waals surface area contributed by atoms with Crippen LogP contribution in [0, 0.1) is 0 Å². The lowest BCUT2D eigenvalue weighted by atomic mass is 9.94. The van der Waals surface area contributed by atoms with Crippen LogP contribution in [0.5, 0.6) is 5.75 Å². The lowest BCUT2D eigenvalue weighted by molar-refractivity contribution is 0.371. The maximum Gasteiger partial charge on any atom is 0.348 e. The van der Waals surface area contributed by atoms with Gasteiger partial charge in [0.15, 0.2) is 5.82 Å². The van der Waals surface area contributed by atoms with Crippen LogP contribution >= 0.6 is 7.60 Å². The molecule has 10 heteroatoms. The van der Waals surface area contributed by atoms with E-state index in [1.807, 2.05) is 49.9 Å². The van der Waals surface area contributed by atoms with Gasteiger partial charge in [-0.15, -0.1) is 0 Å². The number of nitrogens with one attached hydrogen (secondary N) is 1. The van der Waals surface area contributed by atoms with Gasteiger partial charge in [-0.2, -0.15) is 5.10 Å². The molecule has 0 aliphatic heterocycles. The number of H-pyrrole nitrogens is 1. The Labute approximate surface area is 177 Å². The zero-order chi connectivity index (χ0) is 22.5. The molecule has 9 nitrogen and oxygen atoms in total. The Morgan fingerprint density at radius 1 is 1.16 bits per heavy atom. The first-order valence-corrected chi connectivity index (χ1v) is 11.5. The van der Waals surface area contributed by atoms with Gasteiger partial charge in [-0.05, 0) is 53.4 Å². The second-order valence-corrected chi connectivity index (χ2v) is 9.55. The smallest absolute Gasteiger partial charge is 0.348 e. The molecule has 0 radical (unpaired) electrons. The summed E-state index contributed by atoms with van der Waals surface area (Å²) in [5.41, 5.74) is 2.45. The molecule has 0 saturated carbocycles. The van der Waals surface area contributed by atoms with Crippen LogP contribution < -0.4 is 5.69 Å². The van der Waals surface area contributed by atoms with E-state index >= 15 is 0 Å². The molecule has 4 rings (SSSR count). The van der Waals surface area contributed by atoms with Crippen molar-refractivity contribution >= 4 is 18.5 Å². The zero-order valence-electron chi connectivity index (χ0n) is 17.3. The third-order valence-corrected chi connectivity index (χ3v) is 6.05. The number of hydrogen-bond donors (Lipinski definition) is 4. The molecule has 0 spiro atoms. The van der Waals surface area contributed by atoms with E-state index in [0.717, 1.165) is 10.9 Å². The average Bonchev–Trinajstić information content (AvgIpc) is 3.23. The maximum absolute atomic E-state index is 12.6. The molecule has 0 amide bonds. The number of benzene rings is 2. The van der Waals surface area contributed by atoms with Crippen LogP contribution in [0.2, 0.25) is 0 Å². The highest BCUT2D eigenvalue weighted by molar-refractivity contribution is 7.50. The van der Waals surface area contributed by atoms with Crippen molar-refractivity contribution < 1.29 is 19.5 Å². The molecule has 4 aromatic rings. The molecule has 2 aromatic carbocycles. The Hall–Kier alpha value is -3.13. The first kappa shape index (κ1) is 21.1. The van der Waals surface area contributed by atoms with Crippen LogP contribution in [-0.2, 0) is 17.8 Å². The van der Waals surface area contributed by atoms with E-state index in [4.69, 9.17) is 0 Å². The van der Waals surface area contributed by atoms with E-state index in [1.165, 1.54) is 10.6 Å². The molecule has 0 atom stereocenters. The van der Waals surface area contributed by atoms with Gasteiger partial charge in [0.25, 0.3) is 0 Å². The lowest BCUT2D eigenvalue weighted by Crippen LogP contribution is -2.15. The summed E-state index contributed by atoms with van der Waals surface area (Å²) >= 11 is 0. The van der Waals surface area contributed by atoms with Crippen molar-refractivity contribution in [3.8, 4) is 22.8 Å². The molecule has 0 aliphatic carbocycles. The topological polar surface area (TPSA) is 133 Å². The summed E-state index contributed by atoms with van der Waals surface area (Å²) in [6.07, 6.45) is 1.44. The fourth-order valence-electron chi connectivity index (χ4n) is 3.85. The van der Waals surface area contributed by atoms with Crippen LogP contribution in [-0.4, -0.2) is 34.2 Å². The van der Waals surface area contributed by atoms with Gasteiger partial charge in [0.05, 0.1) is 17.4 Å². The molecule has 0 unspecified atom stereocenters. The molecule has 0 aliphatic rings.